The van der Waals surface area contributed by atoms with Crippen LogP contribution in [0.15, 0.2) is 24.3 Å². The molecule has 0 spiro atoms. The van der Waals surface area contributed by atoms with E-state index in [4.69, 9.17) is 0 Å². The fourth-order valence-corrected chi connectivity index (χ4v) is 2.14. The summed E-state index contributed by atoms with van der Waals surface area (Å²) in [5, 5.41) is 11.1. The number of rotatable bonds is 3. The number of aliphatic carboxylic acids is 1. The van der Waals surface area contributed by atoms with E-state index in [2.05, 4.69) is 0 Å². The van der Waals surface area contributed by atoms with Crippen molar-refractivity contribution < 1.29 is 38.4 Å². The number of carboxylic acids is 1. The summed E-state index contributed by atoms with van der Waals surface area (Å²) >= 11 is 0. The molecular weight excluding hydrogens is 241 g/mol. The standard InChI is InChI=1S/C13H13NO4.Li/c1-7(2)10(13(17)18)14-11(15)8-5-3-4-6-9(8)12(14)16;/h3-7,10H,1-2H3,(H,17,18);/q;+1/p-1. The fraction of sp³-hybridized carbons (Fsp3) is 0.308. The van der Waals surface area contributed by atoms with Crippen LogP contribution in [0.25, 0.3) is 0 Å². The second-order valence-corrected chi connectivity index (χ2v) is 4.53. The van der Waals surface area contributed by atoms with Gasteiger partial charge >= 0.3 is 18.9 Å². The Labute approximate surface area is 122 Å². The molecule has 1 aromatic rings. The minimum absolute atomic E-state index is 0. The van der Waals surface area contributed by atoms with Gasteiger partial charge in [0.15, 0.2) is 0 Å². The zero-order valence-corrected chi connectivity index (χ0v) is 11.0. The third-order valence-electron chi connectivity index (χ3n) is 2.98. The normalized spacial score (nSPS) is 15.2. The molecule has 5 nitrogen and oxygen atoms in total. The Kier molecular flexibility index (Phi) is 4.56. The molecule has 0 aromatic heterocycles. The van der Waals surface area contributed by atoms with Crippen molar-refractivity contribution in [3.8, 4) is 0 Å². The topological polar surface area (TPSA) is 77.5 Å². The Bertz CT molecular complexity index is 506. The van der Waals surface area contributed by atoms with Gasteiger partial charge in [0.2, 0.25) is 0 Å². The van der Waals surface area contributed by atoms with E-state index in [1.165, 1.54) is 12.1 Å². The molecule has 2 rings (SSSR count). The van der Waals surface area contributed by atoms with Crippen molar-refractivity contribution >= 4 is 17.8 Å². The summed E-state index contributed by atoms with van der Waals surface area (Å²) < 4.78 is 0. The number of nitrogens with zero attached hydrogens (tertiary/aromatic N) is 1. The Balaban J connectivity index is 0.00000180. The largest absolute Gasteiger partial charge is 1.00 e. The molecule has 1 aromatic carbocycles. The molecule has 1 heterocycles. The molecule has 0 radical (unpaired) electrons. The first-order chi connectivity index (χ1) is 8.45. The molecule has 1 atom stereocenters. The van der Waals surface area contributed by atoms with Crippen LogP contribution < -0.4 is 24.0 Å². The molecule has 1 aliphatic rings. The van der Waals surface area contributed by atoms with Crippen LogP contribution in [0.2, 0.25) is 0 Å². The number of hydrogen-bond donors (Lipinski definition) is 0. The monoisotopic (exact) mass is 253 g/mol. The molecule has 94 valence electrons. The number of imide groups is 1. The van der Waals surface area contributed by atoms with Crippen LogP contribution in [0.4, 0.5) is 0 Å². The Morgan fingerprint density at radius 2 is 1.53 bits per heavy atom. The van der Waals surface area contributed by atoms with Crippen molar-refractivity contribution in [1.82, 2.24) is 4.90 Å². The Hall–Kier alpha value is -1.57. The van der Waals surface area contributed by atoms with Gasteiger partial charge in [0.1, 0.15) is 0 Å². The molecule has 0 aliphatic carbocycles. The fourth-order valence-electron chi connectivity index (χ4n) is 2.14. The number of benzene rings is 1. The zero-order valence-electron chi connectivity index (χ0n) is 11.0. The summed E-state index contributed by atoms with van der Waals surface area (Å²) in [7, 11) is 0. The smallest absolute Gasteiger partial charge is 0.548 e. The van der Waals surface area contributed by atoms with E-state index in [-0.39, 0.29) is 30.0 Å². The van der Waals surface area contributed by atoms with Gasteiger partial charge in [-0.3, -0.25) is 14.5 Å². The van der Waals surface area contributed by atoms with E-state index in [1.54, 1.807) is 26.0 Å². The quantitative estimate of drug-likeness (QED) is 0.426. The number of hydrogen-bond acceptors (Lipinski definition) is 4. The Morgan fingerprint density at radius 3 is 1.84 bits per heavy atom. The van der Waals surface area contributed by atoms with Crippen LogP contribution in [-0.2, 0) is 4.79 Å². The maximum Gasteiger partial charge on any atom is 1.00 e. The number of carbonyl (C=O) groups is 3. The second-order valence-electron chi connectivity index (χ2n) is 4.53. The molecule has 1 aliphatic heterocycles. The average Bonchev–Trinajstić information content (AvgIpc) is 2.55. The van der Waals surface area contributed by atoms with Gasteiger partial charge in [0.05, 0.1) is 23.1 Å². The van der Waals surface area contributed by atoms with Crippen molar-refractivity contribution in [2.75, 3.05) is 0 Å². The van der Waals surface area contributed by atoms with Gasteiger partial charge in [-0.15, -0.1) is 0 Å². The first-order valence-corrected chi connectivity index (χ1v) is 5.63. The average molecular weight is 253 g/mol. The van der Waals surface area contributed by atoms with Gasteiger partial charge < -0.3 is 9.90 Å². The zero-order chi connectivity index (χ0) is 13.4. The first-order valence-electron chi connectivity index (χ1n) is 5.63. The van der Waals surface area contributed by atoms with Crippen LogP contribution in [0.1, 0.15) is 34.6 Å². The summed E-state index contributed by atoms with van der Waals surface area (Å²) in [4.78, 5) is 36.0. The maximum atomic E-state index is 12.1. The van der Waals surface area contributed by atoms with Crippen LogP contribution >= 0.6 is 0 Å². The number of carboxylic acid groups (broad SMARTS) is 1. The van der Waals surface area contributed by atoms with Crippen molar-refractivity contribution in [3.05, 3.63) is 35.4 Å². The molecule has 6 heteroatoms. The van der Waals surface area contributed by atoms with Gasteiger partial charge in [-0.05, 0) is 18.1 Å². The van der Waals surface area contributed by atoms with E-state index in [0.717, 1.165) is 4.90 Å². The Morgan fingerprint density at radius 1 is 1.11 bits per heavy atom. The van der Waals surface area contributed by atoms with Crippen LogP contribution in [0.5, 0.6) is 0 Å². The molecule has 0 bridgehead atoms. The van der Waals surface area contributed by atoms with E-state index in [9.17, 15) is 19.5 Å². The number of fused-ring (bicyclic) bond motifs is 1. The SMILES string of the molecule is CC(C)C(C(=O)[O-])N1C(=O)c2ccccc2C1=O.[Li+]. The minimum atomic E-state index is -1.42. The molecule has 0 saturated heterocycles. The number of amides is 2. The maximum absolute atomic E-state index is 12.1. The van der Waals surface area contributed by atoms with Crippen LogP contribution in [0, 0.1) is 5.92 Å². The van der Waals surface area contributed by atoms with Crippen LogP contribution in [0.3, 0.4) is 0 Å². The predicted octanol–water partition coefficient (Wildman–Crippen LogP) is -2.94. The van der Waals surface area contributed by atoms with Crippen molar-refractivity contribution in [2.45, 2.75) is 19.9 Å². The molecule has 1 unspecified atom stereocenters. The van der Waals surface area contributed by atoms with Gasteiger partial charge in [0, 0.05) is 0 Å². The predicted molar refractivity (Wildman–Crippen MR) is 60.6 cm³/mol. The van der Waals surface area contributed by atoms with E-state index >= 15 is 0 Å². The molecule has 2 amide bonds. The van der Waals surface area contributed by atoms with E-state index in [0.29, 0.717) is 0 Å². The molecule has 0 N–H and O–H groups in total. The summed E-state index contributed by atoms with van der Waals surface area (Å²) in [6.45, 7) is 3.26. The van der Waals surface area contributed by atoms with Gasteiger partial charge in [0.25, 0.3) is 11.8 Å². The van der Waals surface area contributed by atoms with Gasteiger partial charge in [-0.25, -0.2) is 0 Å². The summed E-state index contributed by atoms with van der Waals surface area (Å²) in [5.74, 6) is -2.96. The second kappa shape index (κ2) is 5.60. The molecule has 0 saturated carbocycles. The first kappa shape index (κ1) is 15.5. The van der Waals surface area contributed by atoms with Crippen molar-refractivity contribution in [2.24, 2.45) is 5.92 Å². The van der Waals surface area contributed by atoms with E-state index < -0.39 is 29.7 Å². The molecular formula is C13H12LiNO4. The van der Waals surface area contributed by atoms with Gasteiger partial charge in [-0.2, -0.15) is 0 Å². The third-order valence-corrected chi connectivity index (χ3v) is 2.98. The summed E-state index contributed by atoms with van der Waals surface area (Å²) in [6, 6.07) is 5.07. The van der Waals surface area contributed by atoms with Crippen molar-refractivity contribution in [1.29, 1.82) is 0 Å². The van der Waals surface area contributed by atoms with Crippen LogP contribution in [-0.4, -0.2) is 28.7 Å². The van der Waals surface area contributed by atoms with E-state index in [1.807, 2.05) is 0 Å². The molecule has 19 heavy (non-hydrogen) atoms. The summed E-state index contributed by atoms with van der Waals surface area (Å²) in [5.41, 5.74) is 0.490. The third kappa shape index (κ3) is 2.44. The molecule has 0 fully saturated rings. The van der Waals surface area contributed by atoms with Gasteiger partial charge in [-0.1, -0.05) is 26.0 Å². The summed E-state index contributed by atoms with van der Waals surface area (Å²) in [6.07, 6.45) is 0. The number of carbonyl (C=O) groups excluding carboxylic acids is 3. The van der Waals surface area contributed by atoms with Crippen molar-refractivity contribution in [3.63, 3.8) is 0 Å². The minimum Gasteiger partial charge on any atom is -0.548 e.